The Morgan fingerprint density at radius 3 is 2.48 bits per heavy atom. The van der Waals surface area contributed by atoms with Crippen molar-refractivity contribution in [3.8, 4) is 11.5 Å². The van der Waals surface area contributed by atoms with Gasteiger partial charge in [0.05, 0.1) is 19.8 Å². The Morgan fingerprint density at radius 1 is 1.05 bits per heavy atom. The number of hydrogen-bond donors (Lipinski definition) is 3. The van der Waals surface area contributed by atoms with Gasteiger partial charge in [0, 0.05) is 38.6 Å². The fourth-order valence-electron chi connectivity index (χ4n) is 4.84. The molecule has 0 fully saturated rings. The molecule has 4 N–H and O–H groups in total. The molecular weight excluding hydrogens is 511 g/mol. The van der Waals surface area contributed by atoms with Crippen molar-refractivity contribution in [2.75, 3.05) is 34.0 Å². The number of carbonyl (C=O) groups excluding carboxylic acids is 1. The topological polar surface area (TPSA) is 103 Å². The smallest absolute Gasteiger partial charge is 0.223 e. The van der Waals surface area contributed by atoms with Crippen LogP contribution >= 0.6 is 0 Å². The third-order valence-corrected chi connectivity index (χ3v) is 7.48. The minimum atomic E-state index is -0.796. The van der Waals surface area contributed by atoms with Gasteiger partial charge < -0.3 is 30.4 Å². The fraction of sp³-hybridized carbons (Fsp3) is 0.594. The number of rotatable bonds is 19. The maximum absolute atomic E-state index is 13.4. The summed E-state index contributed by atoms with van der Waals surface area (Å²) in [7, 11) is 3.30. The number of nitrogens with two attached hydrogens (primary N) is 1. The van der Waals surface area contributed by atoms with Gasteiger partial charge in [0.1, 0.15) is 5.82 Å². The minimum absolute atomic E-state index is 0.109. The zero-order chi connectivity index (χ0) is 29.5. The number of ether oxygens (including phenoxy) is 3. The van der Waals surface area contributed by atoms with Crippen molar-refractivity contribution >= 4 is 5.91 Å². The van der Waals surface area contributed by atoms with Crippen LogP contribution < -0.4 is 20.5 Å². The molecule has 2 rings (SSSR count). The summed E-state index contributed by atoms with van der Waals surface area (Å²) < 4.78 is 29.9. The zero-order valence-electron chi connectivity index (χ0n) is 24.8. The van der Waals surface area contributed by atoms with Gasteiger partial charge >= 0.3 is 0 Å². The average Bonchev–Trinajstić information content (AvgIpc) is 2.93. The molecule has 8 heteroatoms. The summed E-state index contributed by atoms with van der Waals surface area (Å²) in [5, 5.41) is 13.9. The van der Waals surface area contributed by atoms with Crippen LogP contribution in [-0.2, 0) is 22.4 Å². The fourth-order valence-corrected chi connectivity index (χ4v) is 4.84. The lowest BCUT2D eigenvalue weighted by molar-refractivity contribution is -0.126. The first-order chi connectivity index (χ1) is 19.2. The van der Waals surface area contributed by atoms with Crippen LogP contribution in [0.5, 0.6) is 11.5 Å². The molecular formula is C32H49FN2O5. The summed E-state index contributed by atoms with van der Waals surface area (Å²) >= 11 is 0. The minimum Gasteiger partial charge on any atom is -0.493 e. The molecule has 2 aromatic rings. The second kappa shape index (κ2) is 17.9. The zero-order valence-corrected chi connectivity index (χ0v) is 24.8. The third kappa shape index (κ3) is 11.4. The van der Waals surface area contributed by atoms with E-state index in [-0.39, 0.29) is 23.6 Å². The molecule has 2 aromatic carbocycles. The summed E-state index contributed by atoms with van der Waals surface area (Å²) in [6.45, 7) is 7.84. The number of aliphatic hydroxyl groups excluding tert-OH is 1. The number of carbonyl (C=O) groups is 1. The normalized spacial score (nSPS) is 14.4. The molecule has 7 nitrogen and oxygen atoms in total. The summed E-state index contributed by atoms with van der Waals surface area (Å²) in [4.78, 5) is 12.8. The Morgan fingerprint density at radius 2 is 1.82 bits per heavy atom. The lowest BCUT2D eigenvalue weighted by Gasteiger charge is -2.29. The molecule has 0 saturated heterocycles. The highest BCUT2D eigenvalue weighted by atomic mass is 19.1. The number of aliphatic hydroxyl groups is 1. The van der Waals surface area contributed by atoms with Crippen LogP contribution in [0.3, 0.4) is 0 Å². The standard InChI is InChI=1S/C32H49FN2O5/c1-6-25(32(37)35-14-13-23-9-7-10-27(33)18-23)21-29(36)28(34)20-26(22(2)3)17-24-11-12-30(39-5)31(19-24)40-16-8-15-38-4/h7,9-12,18-19,22,25-26,28-29,36H,6,8,13-17,20-21,34H2,1-5H3,(H,35,37)/t25-,26+,28+,29+/m1/s1. The van der Waals surface area contributed by atoms with E-state index >= 15 is 0 Å². The highest BCUT2D eigenvalue weighted by Gasteiger charge is 2.27. The second-order valence-electron chi connectivity index (χ2n) is 10.9. The van der Waals surface area contributed by atoms with Gasteiger partial charge in [-0.2, -0.15) is 0 Å². The van der Waals surface area contributed by atoms with E-state index in [1.807, 2.05) is 31.2 Å². The molecule has 0 aliphatic heterocycles. The van der Waals surface area contributed by atoms with Crippen LogP contribution in [0.1, 0.15) is 57.6 Å². The predicted molar refractivity (Wildman–Crippen MR) is 157 cm³/mol. The van der Waals surface area contributed by atoms with Crippen molar-refractivity contribution in [2.24, 2.45) is 23.5 Å². The predicted octanol–water partition coefficient (Wildman–Crippen LogP) is 4.92. The van der Waals surface area contributed by atoms with E-state index in [1.165, 1.54) is 12.1 Å². The van der Waals surface area contributed by atoms with Crippen LogP contribution in [0, 0.1) is 23.6 Å². The Balaban J connectivity index is 1.93. The molecule has 0 radical (unpaired) electrons. The van der Waals surface area contributed by atoms with Gasteiger partial charge in [0.2, 0.25) is 5.91 Å². The Bertz CT molecular complexity index is 1020. The molecule has 0 unspecified atom stereocenters. The number of hydrogen-bond acceptors (Lipinski definition) is 6. The largest absolute Gasteiger partial charge is 0.493 e. The van der Waals surface area contributed by atoms with Gasteiger partial charge in [-0.05, 0) is 79.3 Å². The average molecular weight is 561 g/mol. The van der Waals surface area contributed by atoms with Crippen LogP contribution in [0.2, 0.25) is 0 Å². The molecule has 0 spiro atoms. The van der Waals surface area contributed by atoms with E-state index in [0.717, 1.165) is 24.0 Å². The van der Waals surface area contributed by atoms with E-state index in [2.05, 4.69) is 19.2 Å². The van der Waals surface area contributed by atoms with E-state index < -0.39 is 12.1 Å². The molecule has 0 aliphatic carbocycles. The first-order valence-electron chi connectivity index (χ1n) is 14.4. The van der Waals surface area contributed by atoms with Crippen molar-refractivity contribution in [1.29, 1.82) is 0 Å². The summed E-state index contributed by atoms with van der Waals surface area (Å²) in [5.41, 5.74) is 8.45. The Labute approximate surface area is 239 Å². The molecule has 0 bridgehead atoms. The molecule has 0 aliphatic rings. The number of methoxy groups -OCH3 is 2. The SMILES string of the molecule is CC[C@H](C[C@H](O)[C@@H](N)C[C@H](Cc1ccc(OC)c(OCCCOC)c1)C(C)C)C(=O)NCCc1cccc(F)c1. The van der Waals surface area contributed by atoms with Crippen LogP contribution in [0.25, 0.3) is 0 Å². The Kier molecular flexibility index (Phi) is 15.0. The van der Waals surface area contributed by atoms with Gasteiger partial charge in [-0.25, -0.2) is 4.39 Å². The van der Waals surface area contributed by atoms with Gasteiger partial charge in [-0.15, -0.1) is 0 Å². The molecule has 0 saturated carbocycles. The van der Waals surface area contributed by atoms with Crippen LogP contribution in [0.4, 0.5) is 4.39 Å². The molecule has 0 heterocycles. The monoisotopic (exact) mass is 560 g/mol. The van der Waals surface area contributed by atoms with Crippen LogP contribution in [-0.4, -0.2) is 57.1 Å². The highest BCUT2D eigenvalue weighted by Crippen LogP contribution is 2.31. The number of benzene rings is 2. The lowest BCUT2D eigenvalue weighted by Crippen LogP contribution is -2.41. The van der Waals surface area contributed by atoms with E-state index in [0.29, 0.717) is 62.9 Å². The van der Waals surface area contributed by atoms with E-state index in [1.54, 1.807) is 20.3 Å². The lowest BCUT2D eigenvalue weighted by atomic mass is 9.82. The molecule has 1 amide bonds. The second-order valence-corrected chi connectivity index (χ2v) is 10.9. The quantitative estimate of drug-likeness (QED) is 0.211. The van der Waals surface area contributed by atoms with Crippen LogP contribution in [0.15, 0.2) is 42.5 Å². The van der Waals surface area contributed by atoms with Gasteiger partial charge in [-0.3, -0.25) is 4.79 Å². The summed E-state index contributed by atoms with van der Waals surface area (Å²) in [6, 6.07) is 11.9. The first-order valence-corrected chi connectivity index (χ1v) is 14.4. The van der Waals surface area contributed by atoms with Crippen molar-refractivity contribution < 1.29 is 28.5 Å². The first kappa shape index (κ1) is 33.5. The third-order valence-electron chi connectivity index (χ3n) is 7.48. The van der Waals surface area contributed by atoms with Crippen molar-refractivity contribution in [3.63, 3.8) is 0 Å². The molecule has 0 aromatic heterocycles. The summed E-state index contributed by atoms with van der Waals surface area (Å²) in [5.74, 6) is 1.24. The molecule has 40 heavy (non-hydrogen) atoms. The van der Waals surface area contributed by atoms with Gasteiger partial charge in [0.25, 0.3) is 0 Å². The maximum Gasteiger partial charge on any atom is 0.223 e. The van der Waals surface area contributed by atoms with Gasteiger partial charge in [-0.1, -0.05) is 39.0 Å². The highest BCUT2D eigenvalue weighted by molar-refractivity contribution is 5.78. The van der Waals surface area contributed by atoms with Crippen molar-refractivity contribution in [2.45, 2.75) is 71.4 Å². The molecule has 4 atom stereocenters. The van der Waals surface area contributed by atoms with Crippen molar-refractivity contribution in [1.82, 2.24) is 5.32 Å². The molecule has 224 valence electrons. The number of amides is 1. The van der Waals surface area contributed by atoms with E-state index in [4.69, 9.17) is 19.9 Å². The Hall–Kier alpha value is -2.68. The van der Waals surface area contributed by atoms with Gasteiger partial charge in [0.15, 0.2) is 11.5 Å². The maximum atomic E-state index is 13.4. The summed E-state index contributed by atoms with van der Waals surface area (Å²) in [6.07, 6.45) is 2.85. The number of halogens is 1. The van der Waals surface area contributed by atoms with E-state index in [9.17, 15) is 14.3 Å². The number of nitrogens with one attached hydrogen (secondary N) is 1. The van der Waals surface area contributed by atoms with Crippen molar-refractivity contribution in [3.05, 3.63) is 59.4 Å².